The van der Waals surface area contributed by atoms with E-state index in [1.165, 1.54) is 60.8 Å². The minimum Gasteiger partial charge on any atom is -0.508 e. The van der Waals surface area contributed by atoms with Crippen molar-refractivity contribution in [2.75, 3.05) is 0 Å². The van der Waals surface area contributed by atoms with Gasteiger partial charge in [0.25, 0.3) is 0 Å². The third kappa shape index (κ3) is 5.05. The van der Waals surface area contributed by atoms with Gasteiger partial charge in [0.15, 0.2) is 0 Å². The molecule has 2 nitrogen and oxygen atoms in total. The summed E-state index contributed by atoms with van der Waals surface area (Å²) in [6.07, 6.45) is 12.2. The van der Waals surface area contributed by atoms with Gasteiger partial charge in [0.05, 0.1) is 0 Å². The predicted molar refractivity (Wildman–Crippen MR) is 149 cm³/mol. The predicted octanol–water partition coefficient (Wildman–Crippen LogP) is 9.30. The van der Waals surface area contributed by atoms with Crippen LogP contribution in [0.1, 0.15) is 126 Å². The Morgan fingerprint density at radius 2 is 1.00 bits per heavy atom. The van der Waals surface area contributed by atoms with Crippen LogP contribution in [0.15, 0.2) is 48.5 Å². The topological polar surface area (TPSA) is 40.5 Å². The largest absolute Gasteiger partial charge is 0.508 e. The molecule has 3 aromatic carbocycles. The summed E-state index contributed by atoms with van der Waals surface area (Å²) in [5.74, 6) is 1.86. The van der Waals surface area contributed by atoms with Crippen LogP contribution >= 0.6 is 0 Å². The Bertz CT molecular complexity index is 1120. The van der Waals surface area contributed by atoms with Crippen LogP contribution in [0.25, 0.3) is 0 Å². The number of benzene rings is 3. The average molecular weight is 483 g/mol. The molecule has 0 saturated heterocycles. The Morgan fingerprint density at radius 1 is 0.583 bits per heavy atom. The number of hydrogen-bond donors (Lipinski definition) is 2. The van der Waals surface area contributed by atoms with Crippen molar-refractivity contribution in [1.82, 2.24) is 0 Å². The first-order valence-corrected chi connectivity index (χ1v) is 14.2. The molecule has 3 aromatic rings. The van der Waals surface area contributed by atoms with Crippen LogP contribution < -0.4 is 0 Å². The van der Waals surface area contributed by atoms with Crippen molar-refractivity contribution >= 4 is 0 Å². The van der Waals surface area contributed by atoms with Gasteiger partial charge in [-0.3, -0.25) is 0 Å². The molecule has 2 saturated carbocycles. The molecule has 2 aliphatic rings. The molecule has 0 amide bonds. The summed E-state index contributed by atoms with van der Waals surface area (Å²) in [6, 6.07) is 17.6. The first-order valence-electron chi connectivity index (χ1n) is 14.2. The zero-order chi connectivity index (χ0) is 25.2. The second-order valence-electron chi connectivity index (χ2n) is 11.5. The fourth-order valence-electron chi connectivity index (χ4n) is 6.84. The molecule has 2 heteroatoms. The fourth-order valence-corrected chi connectivity index (χ4v) is 6.84. The van der Waals surface area contributed by atoms with E-state index in [1.807, 2.05) is 12.1 Å². The lowest BCUT2D eigenvalue weighted by atomic mass is 9.76. The van der Waals surface area contributed by atoms with Gasteiger partial charge in [-0.25, -0.2) is 0 Å². The molecule has 2 aliphatic carbocycles. The summed E-state index contributed by atoms with van der Waals surface area (Å²) >= 11 is 0. The third-order valence-electron chi connectivity index (χ3n) is 8.95. The minimum absolute atomic E-state index is 0.0662. The van der Waals surface area contributed by atoms with Crippen LogP contribution in [-0.4, -0.2) is 10.2 Å². The summed E-state index contributed by atoms with van der Waals surface area (Å²) in [7, 11) is 0. The standard InChI is InChI=1S/C34H42O2/c1-22-14-16-27(17-15-22)34(28-20-30(32(35)18-23(28)2)25-10-6-4-7-11-25)29-21-31(33(36)19-24(29)3)26-12-8-5-9-13-26/h14-21,25-26,34-36H,4-13H2,1-3H3. The highest BCUT2D eigenvalue weighted by molar-refractivity contribution is 5.56. The van der Waals surface area contributed by atoms with E-state index in [0.29, 0.717) is 23.3 Å². The van der Waals surface area contributed by atoms with Crippen LogP contribution in [0.3, 0.4) is 0 Å². The minimum atomic E-state index is 0.0662. The first-order chi connectivity index (χ1) is 17.4. The molecule has 0 bridgehead atoms. The summed E-state index contributed by atoms with van der Waals surface area (Å²) in [5.41, 5.74) is 9.59. The van der Waals surface area contributed by atoms with Crippen molar-refractivity contribution in [3.05, 3.63) is 93.0 Å². The van der Waals surface area contributed by atoms with Gasteiger partial charge in [-0.1, -0.05) is 80.5 Å². The third-order valence-corrected chi connectivity index (χ3v) is 8.95. The quantitative estimate of drug-likeness (QED) is 0.356. The van der Waals surface area contributed by atoms with Gasteiger partial charge in [-0.2, -0.15) is 0 Å². The van der Waals surface area contributed by atoms with Crippen molar-refractivity contribution < 1.29 is 10.2 Å². The van der Waals surface area contributed by atoms with Crippen molar-refractivity contribution in [2.24, 2.45) is 0 Å². The second-order valence-corrected chi connectivity index (χ2v) is 11.5. The Balaban J connectivity index is 1.67. The van der Waals surface area contributed by atoms with Gasteiger partial charge in [0, 0.05) is 5.92 Å². The van der Waals surface area contributed by atoms with Crippen molar-refractivity contribution in [3.8, 4) is 11.5 Å². The van der Waals surface area contributed by atoms with E-state index in [-0.39, 0.29) is 5.92 Å². The Hall–Kier alpha value is -2.74. The van der Waals surface area contributed by atoms with Crippen LogP contribution in [0.5, 0.6) is 11.5 Å². The molecule has 2 fully saturated rings. The maximum absolute atomic E-state index is 11.0. The monoisotopic (exact) mass is 482 g/mol. The molecule has 5 rings (SSSR count). The highest BCUT2D eigenvalue weighted by Crippen LogP contribution is 2.45. The van der Waals surface area contributed by atoms with Crippen molar-refractivity contribution in [1.29, 1.82) is 0 Å². The number of phenolic OH excluding ortho intramolecular Hbond substituents is 2. The molecule has 0 radical (unpaired) electrons. The van der Waals surface area contributed by atoms with Gasteiger partial charge in [0.2, 0.25) is 0 Å². The number of aryl methyl sites for hydroxylation is 3. The maximum Gasteiger partial charge on any atom is 0.119 e. The molecule has 0 aromatic heterocycles. The second kappa shape index (κ2) is 10.7. The van der Waals surface area contributed by atoms with E-state index in [2.05, 4.69) is 57.2 Å². The van der Waals surface area contributed by atoms with Gasteiger partial charge in [-0.15, -0.1) is 0 Å². The lowest BCUT2D eigenvalue weighted by Gasteiger charge is -2.29. The molecule has 190 valence electrons. The highest BCUT2D eigenvalue weighted by atomic mass is 16.3. The van der Waals surface area contributed by atoms with E-state index < -0.39 is 0 Å². The molecule has 0 spiro atoms. The molecule has 0 aliphatic heterocycles. The number of hydrogen-bond acceptors (Lipinski definition) is 2. The SMILES string of the molecule is Cc1ccc(C(c2cc(C3CCCCC3)c(O)cc2C)c2cc(C3CCCCC3)c(O)cc2C)cc1. The molecule has 2 N–H and O–H groups in total. The van der Waals surface area contributed by atoms with E-state index >= 15 is 0 Å². The molecule has 36 heavy (non-hydrogen) atoms. The van der Waals surface area contributed by atoms with Gasteiger partial charge < -0.3 is 10.2 Å². The summed E-state index contributed by atoms with van der Waals surface area (Å²) in [6.45, 7) is 6.41. The Kier molecular flexibility index (Phi) is 7.42. The van der Waals surface area contributed by atoms with Crippen LogP contribution in [0.2, 0.25) is 0 Å². The first kappa shape index (κ1) is 24.9. The number of rotatable bonds is 5. The van der Waals surface area contributed by atoms with Crippen molar-refractivity contribution in [2.45, 2.75) is 103 Å². The molecular formula is C34H42O2. The van der Waals surface area contributed by atoms with Crippen LogP contribution in [0, 0.1) is 20.8 Å². The van der Waals surface area contributed by atoms with E-state index in [4.69, 9.17) is 0 Å². The van der Waals surface area contributed by atoms with E-state index in [1.54, 1.807) is 0 Å². The normalized spacial score (nSPS) is 17.6. The molecule has 0 unspecified atom stereocenters. The zero-order valence-electron chi connectivity index (χ0n) is 22.3. The Labute approximate surface area is 217 Å². The Morgan fingerprint density at radius 3 is 1.42 bits per heavy atom. The van der Waals surface area contributed by atoms with Crippen molar-refractivity contribution in [3.63, 3.8) is 0 Å². The summed E-state index contributed by atoms with van der Waals surface area (Å²) in [4.78, 5) is 0. The molecule has 0 atom stereocenters. The summed E-state index contributed by atoms with van der Waals surface area (Å²) in [5, 5.41) is 22.0. The average Bonchev–Trinajstić information content (AvgIpc) is 2.88. The fraction of sp³-hybridized carbons (Fsp3) is 0.471. The maximum atomic E-state index is 11.0. The van der Waals surface area contributed by atoms with E-state index in [0.717, 1.165) is 47.9 Å². The number of phenols is 2. The molecular weight excluding hydrogens is 440 g/mol. The smallest absolute Gasteiger partial charge is 0.119 e. The molecule has 0 heterocycles. The van der Waals surface area contributed by atoms with Crippen LogP contribution in [-0.2, 0) is 0 Å². The van der Waals surface area contributed by atoms with Gasteiger partial charge in [-0.05, 0) is 109 Å². The van der Waals surface area contributed by atoms with Gasteiger partial charge >= 0.3 is 0 Å². The summed E-state index contributed by atoms with van der Waals surface area (Å²) < 4.78 is 0. The van der Waals surface area contributed by atoms with E-state index in [9.17, 15) is 10.2 Å². The highest BCUT2D eigenvalue weighted by Gasteiger charge is 2.27. The lowest BCUT2D eigenvalue weighted by Crippen LogP contribution is -2.12. The zero-order valence-corrected chi connectivity index (χ0v) is 22.3. The van der Waals surface area contributed by atoms with Gasteiger partial charge in [0.1, 0.15) is 11.5 Å². The van der Waals surface area contributed by atoms with Crippen LogP contribution in [0.4, 0.5) is 0 Å². The number of aromatic hydroxyl groups is 2. The lowest BCUT2D eigenvalue weighted by molar-refractivity contribution is 0.413.